The molecule has 0 heterocycles. The van der Waals surface area contributed by atoms with E-state index in [1.54, 1.807) is 0 Å². The summed E-state index contributed by atoms with van der Waals surface area (Å²) in [4.78, 5) is 0. The molecule has 1 aromatic carbocycles. The van der Waals surface area contributed by atoms with E-state index in [1.165, 1.54) is 18.6 Å². The molecule has 0 amide bonds. The molecule has 114 valence electrons. The summed E-state index contributed by atoms with van der Waals surface area (Å²) in [7, 11) is 0. The fourth-order valence-electron chi connectivity index (χ4n) is 2.79. The Morgan fingerprint density at radius 3 is 2.40 bits per heavy atom. The molecular formula is C14H19Cl3FNO. The van der Waals surface area contributed by atoms with Crippen LogP contribution in [0.3, 0.4) is 0 Å². The number of nitrogens with two attached hydrogens (primary N) is 1. The maximum absolute atomic E-state index is 13.9. The van der Waals surface area contributed by atoms with Gasteiger partial charge in [-0.3, -0.25) is 0 Å². The van der Waals surface area contributed by atoms with Crippen molar-refractivity contribution < 1.29 is 9.50 Å². The summed E-state index contributed by atoms with van der Waals surface area (Å²) in [5.74, 6) is -0.407. The second-order valence-corrected chi connectivity index (χ2v) is 5.96. The zero-order chi connectivity index (χ0) is 14.0. The van der Waals surface area contributed by atoms with Crippen LogP contribution in [-0.4, -0.2) is 11.2 Å². The molecule has 1 aliphatic rings. The zero-order valence-electron chi connectivity index (χ0n) is 11.0. The SMILES string of the molecule is Cl.N[C@@H](c1c(F)ccc(Cl)c1Cl)[C@H](O)C1CCCCC1. The van der Waals surface area contributed by atoms with Gasteiger partial charge in [-0.25, -0.2) is 4.39 Å². The van der Waals surface area contributed by atoms with E-state index in [1.807, 2.05) is 0 Å². The fourth-order valence-corrected chi connectivity index (χ4v) is 3.23. The molecule has 20 heavy (non-hydrogen) atoms. The van der Waals surface area contributed by atoms with Gasteiger partial charge in [-0.2, -0.15) is 0 Å². The molecule has 2 atom stereocenters. The van der Waals surface area contributed by atoms with Crippen LogP contribution in [0.15, 0.2) is 12.1 Å². The smallest absolute Gasteiger partial charge is 0.129 e. The molecule has 1 fully saturated rings. The minimum Gasteiger partial charge on any atom is -0.391 e. The normalized spacial score (nSPS) is 19.2. The number of hydrogen-bond acceptors (Lipinski definition) is 2. The molecule has 0 unspecified atom stereocenters. The molecule has 0 saturated heterocycles. The lowest BCUT2D eigenvalue weighted by atomic mass is 9.81. The summed E-state index contributed by atoms with van der Waals surface area (Å²) in [6.07, 6.45) is 4.42. The highest BCUT2D eigenvalue weighted by Crippen LogP contribution is 2.37. The van der Waals surface area contributed by atoms with Crippen LogP contribution in [0.1, 0.15) is 43.7 Å². The number of hydrogen-bond donors (Lipinski definition) is 2. The second kappa shape index (κ2) is 7.81. The van der Waals surface area contributed by atoms with E-state index in [4.69, 9.17) is 28.9 Å². The number of halogens is 4. The third-order valence-electron chi connectivity index (χ3n) is 3.91. The van der Waals surface area contributed by atoms with Crippen molar-refractivity contribution in [2.75, 3.05) is 0 Å². The Bertz CT molecular complexity index is 452. The predicted octanol–water partition coefficient (Wildman–Crippen LogP) is 4.50. The van der Waals surface area contributed by atoms with Gasteiger partial charge < -0.3 is 10.8 Å². The van der Waals surface area contributed by atoms with Crippen molar-refractivity contribution >= 4 is 35.6 Å². The Labute approximate surface area is 134 Å². The van der Waals surface area contributed by atoms with Crippen LogP contribution >= 0.6 is 35.6 Å². The minimum absolute atomic E-state index is 0. The maximum Gasteiger partial charge on any atom is 0.129 e. The first-order chi connectivity index (χ1) is 9.02. The van der Waals surface area contributed by atoms with Gasteiger partial charge in [-0.05, 0) is 30.9 Å². The van der Waals surface area contributed by atoms with Crippen LogP contribution < -0.4 is 5.73 Å². The van der Waals surface area contributed by atoms with E-state index in [9.17, 15) is 9.50 Å². The summed E-state index contributed by atoms with van der Waals surface area (Å²) in [6.45, 7) is 0. The lowest BCUT2D eigenvalue weighted by Gasteiger charge is -2.31. The highest BCUT2D eigenvalue weighted by molar-refractivity contribution is 6.42. The van der Waals surface area contributed by atoms with Crippen LogP contribution in [0.5, 0.6) is 0 Å². The molecule has 0 radical (unpaired) electrons. The Morgan fingerprint density at radius 2 is 1.80 bits per heavy atom. The van der Waals surface area contributed by atoms with Gasteiger partial charge in [0.25, 0.3) is 0 Å². The molecule has 0 aliphatic heterocycles. The van der Waals surface area contributed by atoms with Crippen molar-refractivity contribution in [1.82, 2.24) is 0 Å². The van der Waals surface area contributed by atoms with Crippen molar-refractivity contribution in [2.24, 2.45) is 11.7 Å². The van der Waals surface area contributed by atoms with E-state index in [0.29, 0.717) is 0 Å². The maximum atomic E-state index is 13.9. The molecule has 0 aromatic heterocycles. The van der Waals surface area contributed by atoms with E-state index in [-0.39, 0.29) is 33.9 Å². The molecule has 2 rings (SSSR count). The number of aliphatic hydroxyl groups excluding tert-OH is 1. The zero-order valence-corrected chi connectivity index (χ0v) is 13.3. The first-order valence-corrected chi connectivity index (χ1v) is 7.35. The van der Waals surface area contributed by atoms with Gasteiger partial charge in [0.05, 0.1) is 22.2 Å². The first kappa shape index (κ1) is 18.0. The standard InChI is InChI=1S/C14H18Cl2FNO.ClH/c15-9-6-7-10(17)11(12(9)16)13(18)14(19)8-4-2-1-3-5-8;/h6-8,13-14,19H,1-5,18H2;1H/t13-,14+;/m0./s1. The predicted molar refractivity (Wildman–Crippen MR) is 83.2 cm³/mol. The Hall–Kier alpha value is -0.0600. The average molecular weight is 343 g/mol. The Balaban J connectivity index is 0.00000200. The van der Waals surface area contributed by atoms with E-state index in [2.05, 4.69) is 0 Å². The van der Waals surface area contributed by atoms with Crippen LogP contribution in [0, 0.1) is 11.7 Å². The summed E-state index contributed by atoms with van der Waals surface area (Å²) < 4.78 is 13.9. The van der Waals surface area contributed by atoms with E-state index in [0.717, 1.165) is 25.7 Å². The average Bonchev–Trinajstić information content (AvgIpc) is 2.43. The molecule has 2 nitrogen and oxygen atoms in total. The van der Waals surface area contributed by atoms with Gasteiger partial charge in [0, 0.05) is 5.56 Å². The second-order valence-electron chi connectivity index (χ2n) is 5.17. The molecule has 1 aromatic rings. The van der Waals surface area contributed by atoms with Crippen molar-refractivity contribution in [2.45, 2.75) is 44.2 Å². The lowest BCUT2D eigenvalue weighted by Crippen LogP contribution is -2.35. The third kappa shape index (κ3) is 3.77. The summed E-state index contributed by atoms with van der Waals surface area (Å²) >= 11 is 11.9. The van der Waals surface area contributed by atoms with Crippen molar-refractivity contribution in [1.29, 1.82) is 0 Å². The highest BCUT2D eigenvalue weighted by atomic mass is 35.5. The molecule has 1 saturated carbocycles. The van der Waals surface area contributed by atoms with Crippen molar-refractivity contribution in [3.8, 4) is 0 Å². The van der Waals surface area contributed by atoms with Crippen LogP contribution in [0.25, 0.3) is 0 Å². The number of aliphatic hydroxyl groups is 1. The molecule has 0 bridgehead atoms. The Morgan fingerprint density at radius 1 is 1.20 bits per heavy atom. The van der Waals surface area contributed by atoms with E-state index < -0.39 is 18.0 Å². The minimum atomic E-state index is -0.839. The largest absolute Gasteiger partial charge is 0.391 e. The van der Waals surface area contributed by atoms with Crippen molar-refractivity contribution in [3.63, 3.8) is 0 Å². The summed E-state index contributed by atoms with van der Waals surface area (Å²) in [6, 6.07) is 1.79. The van der Waals surface area contributed by atoms with Crippen LogP contribution in [0.4, 0.5) is 4.39 Å². The van der Waals surface area contributed by atoms with Gasteiger partial charge >= 0.3 is 0 Å². The molecule has 6 heteroatoms. The summed E-state index contributed by atoms with van der Waals surface area (Å²) in [5.41, 5.74) is 6.12. The van der Waals surface area contributed by atoms with Crippen LogP contribution in [0.2, 0.25) is 10.0 Å². The van der Waals surface area contributed by atoms with Gasteiger partial charge in [0.2, 0.25) is 0 Å². The Kier molecular flexibility index (Phi) is 7.02. The van der Waals surface area contributed by atoms with Gasteiger partial charge in [0.15, 0.2) is 0 Å². The van der Waals surface area contributed by atoms with Gasteiger partial charge in [0.1, 0.15) is 5.82 Å². The van der Waals surface area contributed by atoms with Gasteiger partial charge in [-0.15, -0.1) is 12.4 Å². The first-order valence-electron chi connectivity index (χ1n) is 6.59. The fraction of sp³-hybridized carbons (Fsp3) is 0.571. The number of benzene rings is 1. The molecular weight excluding hydrogens is 324 g/mol. The van der Waals surface area contributed by atoms with Crippen LogP contribution in [-0.2, 0) is 0 Å². The highest BCUT2D eigenvalue weighted by Gasteiger charge is 2.30. The molecule has 0 spiro atoms. The van der Waals surface area contributed by atoms with Crippen molar-refractivity contribution in [3.05, 3.63) is 33.6 Å². The quantitative estimate of drug-likeness (QED) is 0.795. The lowest BCUT2D eigenvalue weighted by molar-refractivity contribution is 0.0608. The summed E-state index contributed by atoms with van der Waals surface area (Å²) in [5, 5.41) is 10.7. The van der Waals surface area contributed by atoms with E-state index >= 15 is 0 Å². The molecule has 1 aliphatic carbocycles. The topological polar surface area (TPSA) is 46.2 Å². The molecule has 3 N–H and O–H groups in total. The number of rotatable bonds is 3. The van der Waals surface area contributed by atoms with Gasteiger partial charge in [-0.1, -0.05) is 42.5 Å². The monoisotopic (exact) mass is 341 g/mol. The third-order valence-corrected chi connectivity index (χ3v) is 4.73.